The van der Waals surface area contributed by atoms with E-state index in [2.05, 4.69) is 20.3 Å². The van der Waals surface area contributed by atoms with Crippen molar-refractivity contribution in [3.8, 4) is 5.75 Å². The van der Waals surface area contributed by atoms with Crippen LogP contribution in [0.1, 0.15) is 5.56 Å². The van der Waals surface area contributed by atoms with Crippen molar-refractivity contribution in [2.24, 2.45) is 0 Å². The van der Waals surface area contributed by atoms with Crippen molar-refractivity contribution < 1.29 is 5.11 Å². The van der Waals surface area contributed by atoms with Crippen LogP contribution in [0.4, 0.5) is 11.5 Å². The van der Waals surface area contributed by atoms with Gasteiger partial charge in [0.2, 0.25) is 0 Å². The third-order valence-electron chi connectivity index (χ3n) is 3.74. The molecule has 0 amide bonds. The monoisotopic (exact) mass is 290 g/mol. The number of fused-ring (bicyclic) bond motifs is 3. The van der Waals surface area contributed by atoms with Crippen LogP contribution < -0.4 is 5.32 Å². The maximum atomic E-state index is 9.77. The first-order valence-electron chi connectivity index (χ1n) is 7.00. The van der Waals surface area contributed by atoms with Crippen LogP contribution in [-0.4, -0.2) is 20.1 Å². The first-order valence-corrected chi connectivity index (χ1v) is 7.00. The van der Waals surface area contributed by atoms with Gasteiger partial charge in [-0.1, -0.05) is 6.07 Å². The van der Waals surface area contributed by atoms with Crippen LogP contribution in [0.2, 0.25) is 0 Å². The molecule has 0 bridgehead atoms. The van der Waals surface area contributed by atoms with Crippen molar-refractivity contribution in [1.29, 1.82) is 0 Å². The average molecular weight is 290 g/mol. The molecular formula is C17H14N4O. The lowest BCUT2D eigenvalue weighted by Gasteiger charge is -2.07. The number of benzene rings is 1. The van der Waals surface area contributed by atoms with Gasteiger partial charge in [0.25, 0.3) is 0 Å². The van der Waals surface area contributed by atoms with E-state index in [9.17, 15) is 5.11 Å². The van der Waals surface area contributed by atoms with Crippen LogP contribution in [0.5, 0.6) is 5.75 Å². The molecule has 0 saturated heterocycles. The van der Waals surface area contributed by atoms with E-state index >= 15 is 0 Å². The molecule has 0 spiro atoms. The van der Waals surface area contributed by atoms with Crippen LogP contribution in [-0.2, 0) is 0 Å². The van der Waals surface area contributed by atoms with Gasteiger partial charge in [0.05, 0.1) is 5.52 Å². The molecule has 0 radical (unpaired) electrons. The van der Waals surface area contributed by atoms with Gasteiger partial charge in [0.1, 0.15) is 17.2 Å². The van der Waals surface area contributed by atoms with E-state index < -0.39 is 0 Å². The molecule has 108 valence electrons. The molecule has 4 aromatic rings. The third kappa shape index (κ3) is 2.03. The Balaban J connectivity index is 1.75. The molecule has 0 atom stereocenters. The molecule has 3 N–H and O–H groups in total. The van der Waals surface area contributed by atoms with Crippen LogP contribution in [0, 0.1) is 6.92 Å². The number of aromatic amines is 1. The second kappa shape index (κ2) is 4.73. The SMILES string of the molecule is Cc1ccc(Nc2ccc3c(n2)[nH]c2ccncc23)cc1O. The van der Waals surface area contributed by atoms with Gasteiger partial charge in [0.15, 0.2) is 0 Å². The van der Waals surface area contributed by atoms with Crippen molar-refractivity contribution in [3.05, 3.63) is 54.4 Å². The number of aryl methyl sites for hydroxylation is 1. The second-order valence-electron chi connectivity index (χ2n) is 5.27. The summed E-state index contributed by atoms with van der Waals surface area (Å²) in [6.07, 6.45) is 3.59. The molecule has 3 aromatic heterocycles. The van der Waals surface area contributed by atoms with Crippen molar-refractivity contribution in [2.75, 3.05) is 5.32 Å². The van der Waals surface area contributed by atoms with Crippen molar-refractivity contribution in [3.63, 3.8) is 0 Å². The Bertz CT molecular complexity index is 990. The summed E-state index contributed by atoms with van der Waals surface area (Å²) >= 11 is 0. The van der Waals surface area contributed by atoms with E-state index in [-0.39, 0.29) is 5.75 Å². The zero-order valence-corrected chi connectivity index (χ0v) is 12.0. The molecular weight excluding hydrogens is 276 g/mol. The van der Waals surface area contributed by atoms with Gasteiger partial charge in [0, 0.05) is 34.9 Å². The number of aromatic hydroxyl groups is 1. The lowest BCUT2D eigenvalue weighted by Crippen LogP contribution is -1.93. The van der Waals surface area contributed by atoms with Crippen LogP contribution in [0.15, 0.2) is 48.8 Å². The number of aromatic nitrogens is 3. The van der Waals surface area contributed by atoms with Gasteiger partial charge in [-0.2, -0.15) is 0 Å². The fourth-order valence-electron chi connectivity index (χ4n) is 2.52. The highest BCUT2D eigenvalue weighted by atomic mass is 16.3. The minimum atomic E-state index is 0.266. The Morgan fingerprint density at radius 3 is 2.86 bits per heavy atom. The Kier molecular flexibility index (Phi) is 2.72. The molecule has 0 aliphatic carbocycles. The van der Waals surface area contributed by atoms with E-state index in [4.69, 9.17) is 0 Å². The highest BCUT2D eigenvalue weighted by Gasteiger charge is 2.06. The van der Waals surface area contributed by atoms with Gasteiger partial charge in [-0.3, -0.25) is 4.98 Å². The Morgan fingerprint density at radius 2 is 2.00 bits per heavy atom. The number of hydrogen-bond donors (Lipinski definition) is 3. The second-order valence-corrected chi connectivity index (χ2v) is 5.27. The summed E-state index contributed by atoms with van der Waals surface area (Å²) < 4.78 is 0. The number of nitrogens with one attached hydrogen (secondary N) is 2. The minimum absolute atomic E-state index is 0.266. The van der Waals surface area contributed by atoms with Crippen LogP contribution in [0.3, 0.4) is 0 Å². The predicted octanol–water partition coefficient (Wildman–Crippen LogP) is 3.87. The van der Waals surface area contributed by atoms with Gasteiger partial charge in [-0.25, -0.2) is 4.98 Å². The lowest BCUT2D eigenvalue weighted by atomic mass is 10.2. The summed E-state index contributed by atoms with van der Waals surface area (Å²) in [5, 5.41) is 15.1. The molecule has 3 heterocycles. The zero-order chi connectivity index (χ0) is 15.1. The molecule has 4 rings (SSSR count). The number of phenols is 1. The summed E-state index contributed by atoms with van der Waals surface area (Å²) in [5.41, 5.74) is 3.47. The summed E-state index contributed by atoms with van der Waals surface area (Å²) in [7, 11) is 0. The minimum Gasteiger partial charge on any atom is -0.508 e. The first-order chi connectivity index (χ1) is 10.7. The largest absolute Gasteiger partial charge is 0.508 e. The number of phenolic OH excluding ortho intramolecular Hbond substituents is 1. The molecule has 0 aliphatic rings. The summed E-state index contributed by atoms with van der Waals surface area (Å²) in [6.45, 7) is 1.86. The number of H-pyrrole nitrogens is 1. The fourth-order valence-corrected chi connectivity index (χ4v) is 2.52. The fraction of sp³-hybridized carbons (Fsp3) is 0.0588. The molecule has 0 saturated carbocycles. The van der Waals surface area contributed by atoms with Gasteiger partial charge in [-0.05, 0) is 36.8 Å². The van der Waals surface area contributed by atoms with Crippen molar-refractivity contribution in [1.82, 2.24) is 15.0 Å². The molecule has 5 nitrogen and oxygen atoms in total. The number of anilines is 2. The molecule has 1 aromatic carbocycles. The standard InChI is InChI=1S/C17H14N4O/c1-10-2-3-11(8-15(10)22)19-16-5-4-12-13-9-18-7-6-14(13)20-17(12)21-16/h2-9,22H,1H3,(H2,19,20,21). The van der Waals surface area contributed by atoms with E-state index in [0.717, 1.165) is 39.0 Å². The van der Waals surface area contributed by atoms with Crippen LogP contribution in [0.25, 0.3) is 21.9 Å². The Morgan fingerprint density at radius 1 is 1.09 bits per heavy atom. The summed E-state index contributed by atoms with van der Waals surface area (Å²) in [4.78, 5) is 12.0. The van der Waals surface area contributed by atoms with E-state index in [0.29, 0.717) is 0 Å². The number of rotatable bonds is 2. The lowest BCUT2D eigenvalue weighted by molar-refractivity contribution is 0.471. The highest BCUT2D eigenvalue weighted by Crippen LogP contribution is 2.27. The Hall–Kier alpha value is -3.08. The number of nitrogens with zero attached hydrogens (tertiary/aromatic N) is 2. The number of pyridine rings is 2. The first kappa shape index (κ1) is 12.6. The Labute approximate surface area is 126 Å². The maximum absolute atomic E-state index is 9.77. The molecule has 22 heavy (non-hydrogen) atoms. The maximum Gasteiger partial charge on any atom is 0.140 e. The van der Waals surface area contributed by atoms with Crippen LogP contribution >= 0.6 is 0 Å². The topological polar surface area (TPSA) is 73.8 Å². The zero-order valence-electron chi connectivity index (χ0n) is 12.0. The smallest absolute Gasteiger partial charge is 0.140 e. The molecule has 0 aliphatic heterocycles. The molecule has 0 unspecified atom stereocenters. The van der Waals surface area contributed by atoms with Crippen molar-refractivity contribution >= 4 is 33.4 Å². The normalized spacial score (nSPS) is 11.1. The van der Waals surface area contributed by atoms with E-state index in [1.807, 2.05) is 43.5 Å². The molecule has 5 heteroatoms. The highest BCUT2D eigenvalue weighted by molar-refractivity contribution is 6.05. The third-order valence-corrected chi connectivity index (χ3v) is 3.74. The van der Waals surface area contributed by atoms with Gasteiger partial charge < -0.3 is 15.4 Å². The predicted molar refractivity (Wildman–Crippen MR) is 87.5 cm³/mol. The van der Waals surface area contributed by atoms with E-state index in [1.54, 1.807) is 12.3 Å². The molecule has 0 fully saturated rings. The summed E-state index contributed by atoms with van der Waals surface area (Å²) in [5.74, 6) is 0.984. The van der Waals surface area contributed by atoms with Gasteiger partial charge >= 0.3 is 0 Å². The van der Waals surface area contributed by atoms with Crippen molar-refractivity contribution in [2.45, 2.75) is 6.92 Å². The quantitative estimate of drug-likeness (QED) is 0.524. The average Bonchev–Trinajstić information content (AvgIpc) is 2.88. The summed E-state index contributed by atoms with van der Waals surface area (Å²) in [6, 6.07) is 11.3. The van der Waals surface area contributed by atoms with E-state index in [1.165, 1.54) is 0 Å². The van der Waals surface area contributed by atoms with Gasteiger partial charge in [-0.15, -0.1) is 0 Å². The number of hydrogen-bond acceptors (Lipinski definition) is 4.